The van der Waals surface area contributed by atoms with Crippen molar-refractivity contribution in [2.24, 2.45) is 5.92 Å². The number of methoxy groups -OCH3 is 1. The number of hydrogen-bond acceptors (Lipinski definition) is 2. The molecule has 0 aromatic heterocycles. The number of rotatable bonds is 4. The smallest absolute Gasteiger partial charge is 0.118 e. The zero-order valence-corrected chi connectivity index (χ0v) is 9.86. The summed E-state index contributed by atoms with van der Waals surface area (Å²) in [6, 6.07) is 8.03. The van der Waals surface area contributed by atoms with Gasteiger partial charge in [-0.3, -0.25) is 5.41 Å². The first-order chi connectivity index (χ1) is 7.70. The van der Waals surface area contributed by atoms with Gasteiger partial charge in [0.1, 0.15) is 5.75 Å². The molecule has 0 bridgehead atoms. The van der Waals surface area contributed by atoms with Crippen molar-refractivity contribution in [2.45, 2.75) is 19.4 Å². The van der Waals surface area contributed by atoms with Crippen LogP contribution in [0.2, 0.25) is 0 Å². The first-order valence-electron chi connectivity index (χ1n) is 5.63. The third kappa shape index (κ3) is 2.54. The number of ether oxygens (including phenoxy) is 1. The number of benzene rings is 1. The van der Waals surface area contributed by atoms with Gasteiger partial charge >= 0.3 is 0 Å². The van der Waals surface area contributed by atoms with E-state index in [1.165, 1.54) is 18.4 Å². The van der Waals surface area contributed by atoms with E-state index in [4.69, 9.17) is 10.1 Å². The Kier molecular flexibility index (Phi) is 3.13. The van der Waals surface area contributed by atoms with Gasteiger partial charge in [-0.15, -0.1) is 0 Å². The van der Waals surface area contributed by atoms with Gasteiger partial charge in [-0.25, -0.2) is 0 Å². The van der Waals surface area contributed by atoms with Crippen LogP contribution in [0, 0.1) is 11.3 Å². The molecule has 0 radical (unpaired) electrons. The average molecular weight is 218 g/mol. The van der Waals surface area contributed by atoms with Crippen molar-refractivity contribution in [2.75, 3.05) is 14.2 Å². The van der Waals surface area contributed by atoms with Crippen molar-refractivity contribution in [3.8, 4) is 5.75 Å². The molecule has 0 saturated heterocycles. The van der Waals surface area contributed by atoms with Crippen LogP contribution >= 0.6 is 0 Å². The van der Waals surface area contributed by atoms with Gasteiger partial charge in [0.2, 0.25) is 0 Å². The molecule has 0 unspecified atom stereocenters. The van der Waals surface area contributed by atoms with E-state index in [2.05, 4.69) is 12.1 Å². The Bertz CT molecular complexity index is 368. The second-order valence-electron chi connectivity index (χ2n) is 4.36. The number of hydrogen-bond donors (Lipinski definition) is 1. The summed E-state index contributed by atoms with van der Waals surface area (Å²) in [5.41, 5.74) is 1.22. The van der Waals surface area contributed by atoms with Crippen LogP contribution in [0.25, 0.3) is 0 Å². The third-order valence-corrected chi connectivity index (χ3v) is 2.95. The monoisotopic (exact) mass is 218 g/mol. The molecule has 86 valence electrons. The van der Waals surface area contributed by atoms with Crippen molar-refractivity contribution in [1.82, 2.24) is 4.90 Å². The summed E-state index contributed by atoms with van der Waals surface area (Å²) >= 11 is 0. The lowest BCUT2D eigenvalue weighted by atomic mass is 10.2. The molecule has 0 atom stereocenters. The van der Waals surface area contributed by atoms with Crippen LogP contribution in [0.3, 0.4) is 0 Å². The van der Waals surface area contributed by atoms with E-state index >= 15 is 0 Å². The Labute approximate surface area is 96.5 Å². The van der Waals surface area contributed by atoms with Crippen molar-refractivity contribution in [1.29, 1.82) is 5.41 Å². The first kappa shape index (κ1) is 11.0. The Morgan fingerprint density at radius 3 is 2.50 bits per heavy atom. The maximum absolute atomic E-state index is 7.94. The van der Waals surface area contributed by atoms with Crippen LogP contribution in [-0.4, -0.2) is 24.9 Å². The normalized spacial score (nSPS) is 14.6. The molecule has 0 heterocycles. The van der Waals surface area contributed by atoms with Crippen LogP contribution in [0.5, 0.6) is 5.75 Å². The Morgan fingerprint density at radius 1 is 1.38 bits per heavy atom. The highest BCUT2D eigenvalue weighted by Gasteiger charge is 2.28. The summed E-state index contributed by atoms with van der Waals surface area (Å²) < 4.78 is 5.11. The maximum atomic E-state index is 7.94. The fraction of sp³-hybridized carbons (Fsp3) is 0.462. The molecular weight excluding hydrogens is 200 g/mol. The van der Waals surface area contributed by atoms with E-state index in [9.17, 15) is 0 Å². The van der Waals surface area contributed by atoms with Crippen molar-refractivity contribution in [3.63, 3.8) is 0 Å². The van der Waals surface area contributed by atoms with Crippen LogP contribution in [0.15, 0.2) is 24.3 Å². The molecule has 0 amide bonds. The zero-order chi connectivity index (χ0) is 11.5. The van der Waals surface area contributed by atoms with E-state index in [-0.39, 0.29) is 0 Å². The lowest BCUT2D eigenvalue weighted by molar-refractivity contribution is 0.414. The van der Waals surface area contributed by atoms with Gasteiger partial charge in [-0.05, 0) is 30.5 Å². The molecular formula is C13H18N2O. The summed E-state index contributed by atoms with van der Waals surface area (Å²) in [5.74, 6) is 2.17. The van der Waals surface area contributed by atoms with E-state index in [1.807, 2.05) is 24.1 Å². The number of nitrogens with zero attached hydrogens (tertiary/aromatic N) is 1. The maximum Gasteiger partial charge on any atom is 0.118 e. The van der Waals surface area contributed by atoms with Gasteiger partial charge in [-0.1, -0.05) is 12.1 Å². The van der Waals surface area contributed by atoms with Crippen LogP contribution in [-0.2, 0) is 6.54 Å². The van der Waals surface area contributed by atoms with E-state index in [0.29, 0.717) is 5.92 Å². The van der Waals surface area contributed by atoms with Gasteiger partial charge in [0.15, 0.2) is 0 Å². The summed E-state index contributed by atoms with van der Waals surface area (Å²) in [4.78, 5) is 2.03. The van der Waals surface area contributed by atoms with Crippen LogP contribution < -0.4 is 4.74 Å². The quantitative estimate of drug-likeness (QED) is 0.622. The summed E-state index contributed by atoms with van der Waals surface area (Å²) in [7, 11) is 3.66. The molecule has 0 spiro atoms. The standard InChI is InChI=1S/C13H18N2O/c1-15(13(14)11-5-6-11)9-10-3-7-12(16-2)8-4-10/h3-4,7-8,11,14H,5-6,9H2,1-2H3. The van der Waals surface area contributed by atoms with Crippen LogP contribution in [0.4, 0.5) is 0 Å². The predicted octanol–water partition coefficient (Wildman–Crippen LogP) is 2.51. The molecule has 1 aromatic rings. The minimum absolute atomic E-state index is 0.517. The Balaban J connectivity index is 1.94. The van der Waals surface area contributed by atoms with Gasteiger partial charge in [0, 0.05) is 19.5 Å². The number of nitrogens with one attached hydrogen (secondary N) is 1. The summed E-state index contributed by atoms with van der Waals surface area (Å²) in [5, 5.41) is 7.94. The van der Waals surface area contributed by atoms with E-state index in [0.717, 1.165) is 18.1 Å². The minimum Gasteiger partial charge on any atom is -0.497 e. The summed E-state index contributed by atoms with van der Waals surface area (Å²) in [6.45, 7) is 0.805. The highest BCUT2D eigenvalue weighted by atomic mass is 16.5. The van der Waals surface area contributed by atoms with Crippen molar-refractivity contribution < 1.29 is 4.74 Å². The summed E-state index contributed by atoms with van der Waals surface area (Å²) in [6.07, 6.45) is 2.37. The molecule has 3 nitrogen and oxygen atoms in total. The number of amidine groups is 1. The largest absolute Gasteiger partial charge is 0.497 e. The second-order valence-corrected chi connectivity index (χ2v) is 4.36. The topological polar surface area (TPSA) is 36.3 Å². The Morgan fingerprint density at radius 2 is 2.00 bits per heavy atom. The van der Waals surface area contributed by atoms with E-state index < -0.39 is 0 Å². The van der Waals surface area contributed by atoms with E-state index in [1.54, 1.807) is 7.11 Å². The molecule has 16 heavy (non-hydrogen) atoms. The highest BCUT2D eigenvalue weighted by Crippen LogP contribution is 2.31. The third-order valence-electron chi connectivity index (χ3n) is 2.95. The molecule has 3 heteroatoms. The fourth-order valence-electron chi connectivity index (χ4n) is 1.76. The molecule has 0 aliphatic heterocycles. The highest BCUT2D eigenvalue weighted by molar-refractivity contribution is 5.83. The minimum atomic E-state index is 0.517. The predicted molar refractivity (Wildman–Crippen MR) is 64.9 cm³/mol. The lowest BCUT2D eigenvalue weighted by Gasteiger charge is -2.19. The van der Waals surface area contributed by atoms with Crippen LogP contribution in [0.1, 0.15) is 18.4 Å². The molecule has 1 aliphatic rings. The van der Waals surface area contributed by atoms with Gasteiger partial charge < -0.3 is 9.64 Å². The zero-order valence-electron chi connectivity index (χ0n) is 9.86. The molecule has 1 aromatic carbocycles. The average Bonchev–Trinajstić information content (AvgIpc) is 3.13. The first-order valence-corrected chi connectivity index (χ1v) is 5.63. The molecule has 1 saturated carbocycles. The van der Waals surface area contributed by atoms with Gasteiger partial charge in [0.05, 0.1) is 12.9 Å². The second kappa shape index (κ2) is 4.56. The van der Waals surface area contributed by atoms with Gasteiger partial charge in [-0.2, -0.15) is 0 Å². The van der Waals surface area contributed by atoms with Crippen molar-refractivity contribution >= 4 is 5.84 Å². The van der Waals surface area contributed by atoms with Gasteiger partial charge in [0.25, 0.3) is 0 Å². The Hall–Kier alpha value is -1.51. The SMILES string of the molecule is COc1ccc(CN(C)C(=N)C2CC2)cc1. The van der Waals surface area contributed by atoms with Crippen molar-refractivity contribution in [3.05, 3.63) is 29.8 Å². The molecule has 1 fully saturated rings. The molecule has 1 aliphatic carbocycles. The fourth-order valence-corrected chi connectivity index (χ4v) is 1.76. The molecule has 2 rings (SSSR count). The molecule has 1 N–H and O–H groups in total. The lowest BCUT2D eigenvalue weighted by Crippen LogP contribution is -2.26.